The van der Waals surface area contributed by atoms with Crippen molar-refractivity contribution in [2.24, 2.45) is 5.92 Å². The van der Waals surface area contributed by atoms with Crippen LogP contribution in [-0.4, -0.2) is 16.6 Å². The number of para-hydroxylation sites is 1. The highest BCUT2D eigenvalue weighted by Crippen LogP contribution is 2.28. The van der Waals surface area contributed by atoms with Crippen molar-refractivity contribution < 1.29 is 4.74 Å². The van der Waals surface area contributed by atoms with Gasteiger partial charge in [-0.25, -0.2) is 9.97 Å². The minimum atomic E-state index is 0.503. The Balaban J connectivity index is 1.77. The smallest absolute Gasteiger partial charge is 0.122 e. The predicted octanol–water partition coefficient (Wildman–Crippen LogP) is 2.89. The van der Waals surface area contributed by atoms with Gasteiger partial charge in [-0.1, -0.05) is 18.2 Å². The van der Waals surface area contributed by atoms with Gasteiger partial charge in [-0.05, 0) is 43.9 Å². The van der Waals surface area contributed by atoms with E-state index in [-0.39, 0.29) is 0 Å². The van der Waals surface area contributed by atoms with Crippen LogP contribution in [0, 0.1) is 19.8 Å². The minimum absolute atomic E-state index is 0.503. The van der Waals surface area contributed by atoms with E-state index in [0.29, 0.717) is 5.92 Å². The molecule has 1 aromatic heterocycles. The molecule has 2 heterocycles. The molecule has 3 rings (SSSR count). The summed E-state index contributed by atoms with van der Waals surface area (Å²) in [6.07, 6.45) is 3.69. The first-order valence-electron chi connectivity index (χ1n) is 6.72. The highest BCUT2D eigenvalue weighted by Gasteiger charge is 2.21. The Kier molecular flexibility index (Phi) is 3.20. The SMILES string of the molecule is Cc1ncnc(C[C@@H]2COc3ccccc3C2)c1C. The van der Waals surface area contributed by atoms with Crippen LogP contribution >= 0.6 is 0 Å². The van der Waals surface area contributed by atoms with Crippen molar-refractivity contribution in [2.45, 2.75) is 26.7 Å². The summed E-state index contributed by atoms with van der Waals surface area (Å²) in [4.78, 5) is 8.65. The maximum Gasteiger partial charge on any atom is 0.122 e. The van der Waals surface area contributed by atoms with Crippen LogP contribution < -0.4 is 4.74 Å². The van der Waals surface area contributed by atoms with Crippen LogP contribution in [0.15, 0.2) is 30.6 Å². The van der Waals surface area contributed by atoms with E-state index in [1.54, 1.807) is 6.33 Å². The molecule has 0 bridgehead atoms. The van der Waals surface area contributed by atoms with Crippen LogP contribution in [-0.2, 0) is 12.8 Å². The zero-order valence-corrected chi connectivity index (χ0v) is 11.4. The van der Waals surface area contributed by atoms with Crippen LogP contribution in [0.1, 0.15) is 22.5 Å². The van der Waals surface area contributed by atoms with Crippen molar-refractivity contribution in [3.8, 4) is 5.75 Å². The van der Waals surface area contributed by atoms with Gasteiger partial charge in [0.2, 0.25) is 0 Å². The van der Waals surface area contributed by atoms with Crippen molar-refractivity contribution in [3.05, 3.63) is 53.1 Å². The molecule has 0 saturated heterocycles. The summed E-state index contributed by atoms with van der Waals surface area (Å²) in [5.41, 5.74) is 4.74. The highest BCUT2D eigenvalue weighted by atomic mass is 16.5. The molecule has 0 aliphatic carbocycles. The molecule has 1 aliphatic heterocycles. The summed E-state index contributed by atoms with van der Waals surface area (Å²) >= 11 is 0. The van der Waals surface area contributed by atoms with Gasteiger partial charge in [0, 0.05) is 17.3 Å². The van der Waals surface area contributed by atoms with Crippen molar-refractivity contribution in [1.29, 1.82) is 0 Å². The second-order valence-electron chi connectivity index (χ2n) is 5.22. The van der Waals surface area contributed by atoms with Gasteiger partial charge in [-0.15, -0.1) is 0 Å². The third-order valence-corrected chi connectivity index (χ3v) is 3.88. The van der Waals surface area contributed by atoms with Crippen LogP contribution in [0.25, 0.3) is 0 Å². The van der Waals surface area contributed by atoms with E-state index in [1.807, 2.05) is 19.1 Å². The van der Waals surface area contributed by atoms with Crippen molar-refractivity contribution in [2.75, 3.05) is 6.61 Å². The summed E-state index contributed by atoms with van der Waals surface area (Å²) in [6, 6.07) is 8.30. The third-order valence-electron chi connectivity index (χ3n) is 3.88. The van der Waals surface area contributed by atoms with Gasteiger partial charge in [0.15, 0.2) is 0 Å². The van der Waals surface area contributed by atoms with Gasteiger partial charge in [0.25, 0.3) is 0 Å². The standard InChI is InChI=1S/C16H18N2O/c1-11-12(2)17-10-18-15(11)8-13-7-14-5-3-4-6-16(14)19-9-13/h3-6,10,13H,7-9H2,1-2H3/t13-/m1/s1. The number of nitrogens with zero attached hydrogens (tertiary/aromatic N) is 2. The Morgan fingerprint density at radius 1 is 1.21 bits per heavy atom. The lowest BCUT2D eigenvalue weighted by Gasteiger charge is -2.25. The number of hydrogen-bond acceptors (Lipinski definition) is 3. The largest absolute Gasteiger partial charge is 0.493 e. The molecule has 0 unspecified atom stereocenters. The quantitative estimate of drug-likeness (QED) is 0.826. The van der Waals surface area contributed by atoms with E-state index in [9.17, 15) is 0 Å². The predicted molar refractivity (Wildman–Crippen MR) is 74.3 cm³/mol. The van der Waals surface area contributed by atoms with Gasteiger partial charge in [0.1, 0.15) is 12.1 Å². The van der Waals surface area contributed by atoms with Gasteiger partial charge in [-0.2, -0.15) is 0 Å². The Labute approximate surface area is 113 Å². The molecule has 0 N–H and O–H groups in total. The lowest BCUT2D eigenvalue weighted by atomic mass is 9.91. The number of fused-ring (bicyclic) bond motifs is 1. The lowest BCUT2D eigenvalue weighted by Crippen LogP contribution is -2.23. The number of rotatable bonds is 2. The molecule has 3 heteroatoms. The van der Waals surface area contributed by atoms with E-state index in [0.717, 1.165) is 36.6 Å². The summed E-state index contributed by atoms with van der Waals surface area (Å²) in [5, 5.41) is 0. The monoisotopic (exact) mass is 254 g/mol. The first kappa shape index (κ1) is 12.2. The Hall–Kier alpha value is -1.90. The van der Waals surface area contributed by atoms with E-state index in [2.05, 4.69) is 29.0 Å². The van der Waals surface area contributed by atoms with Crippen molar-refractivity contribution >= 4 is 0 Å². The van der Waals surface area contributed by atoms with Crippen LogP contribution in [0.2, 0.25) is 0 Å². The number of aryl methyl sites for hydroxylation is 1. The van der Waals surface area contributed by atoms with Gasteiger partial charge < -0.3 is 4.74 Å². The molecule has 0 saturated carbocycles. The molecule has 19 heavy (non-hydrogen) atoms. The Morgan fingerprint density at radius 3 is 2.95 bits per heavy atom. The maximum absolute atomic E-state index is 5.83. The number of ether oxygens (including phenoxy) is 1. The zero-order valence-electron chi connectivity index (χ0n) is 11.4. The van der Waals surface area contributed by atoms with Crippen LogP contribution in [0.3, 0.4) is 0 Å². The third kappa shape index (κ3) is 2.46. The normalized spacial score (nSPS) is 17.7. The average Bonchev–Trinajstić information content (AvgIpc) is 2.44. The summed E-state index contributed by atoms with van der Waals surface area (Å²) in [7, 11) is 0. The fourth-order valence-electron chi connectivity index (χ4n) is 2.59. The fourth-order valence-corrected chi connectivity index (χ4v) is 2.59. The molecule has 0 fully saturated rings. The summed E-state index contributed by atoms with van der Waals surface area (Å²) in [5.74, 6) is 1.54. The van der Waals surface area contributed by atoms with E-state index >= 15 is 0 Å². The molecule has 2 aromatic rings. The minimum Gasteiger partial charge on any atom is -0.493 e. The Bertz CT molecular complexity index is 595. The first-order valence-corrected chi connectivity index (χ1v) is 6.72. The topological polar surface area (TPSA) is 35.0 Å². The summed E-state index contributed by atoms with van der Waals surface area (Å²) in [6.45, 7) is 4.91. The molecule has 98 valence electrons. The summed E-state index contributed by atoms with van der Waals surface area (Å²) < 4.78 is 5.83. The zero-order chi connectivity index (χ0) is 13.2. The molecule has 1 aliphatic rings. The number of aromatic nitrogens is 2. The van der Waals surface area contributed by atoms with Crippen molar-refractivity contribution in [1.82, 2.24) is 9.97 Å². The lowest BCUT2D eigenvalue weighted by molar-refractivity contribution is 0.220. The van der Waals surface area contributed by atoms with Gasteiger partial charge in [0.05, 0.1) is 6.61 Å². The molecule has 0 amide bonds. The molecule has 0 spiro atoms. The highest BCUT2D eigenvalue weighted by molar-refractivity contribution is 5.35. The molecular formula is C16H18N2O. The molecule has 0 radical (unpaired) electrons. The first-order chi connectivity index (χ1) is 9.24. The van der Waals surface area contributed by atoms with Crippen molar-refractivity contribution in [3.63, 3.8) is 0 Å². The Morgan fingerprint density at radius 2 is 2.05 bits per heavy atom. The van der Waals surface area contributed by atoms with E-state index < -0.39 is 0 Å². The second kappa shape index (κ2) is 5.00. The molecule has 3 nitrogen and oxygen atoms in total. The molecule has 1 atom stereocenters. The van der Waals surface area contributed by atoms with Gasteiger partial charge in [-0.3, -0.25) is 0 Å². The van der Waals surface area contributed by atoms with Crippen LogP contribution in [0.4, 0.5) is 0 Å². The maximum atomic E-state index is 5.83. The number of hydrogen-bond donors (Lipinski definition) is 0. The molecule has 1 aromatic carbocycles. The average molecular weight is 254 g/mol. The van der Waals surface area contributed by atoms with Gasteiger partial charge >= 0.3 is 0 Å². The van der Waals surface area contributed by atoms with Crippen LogP contribution in [0.5, 0.6) is 5.75 Å². The number of benzene rings is 1. The fraction of sp³-hybridized carbons (Fsp3) is 0.375. The van der Waals surface area contributed by atoms with E-state index in [4.69, 9.17) is 4.74 Å². The second-order valence-corrected chi connectivity index (χ2v) is 5.22. The molecular weight excluding hydrogens is 236 g/mol. The van der Waals surface area contributed by atoms with E-state index in [1.165, 1.54) is 11.1 Å².